The molecule has 0 spiro atoms. The fourth-order valence-corrected chi connectivity index (χ4v) is 10.5. The van der Waals surface area contributed by atoms with Gasteiger partial charge in [0, 0.05) is 12.8 Å². The van der Waals surface area contributed by atoms with E-state index in [2.05, 4.69) is 198 Å². The molecule has 0 heterocycles. The van der Waals surface area contributed by atoms with E-state index in [-0.39, 0.29) is 25.7 Å². The zero-order valence-electron chi connectivity index (χ0n) is 63.3. The molecule has 0 rings (SSSR count). The van der Waals surface area contributed by atoms with E-state index in [0.29, 0.717) is 25.7 Å². The predicted octanol–water partition coefficient (Wildman–Crippen LogP) is 22.1. The fraction of sp³-hybridized carbons (Fsp3) is 0.529. The summed E-state index contributed by atoms with van der Waals surface area (Å²) >= 11 is 0. The Balaban J connectivity index is 5.57. The lowest BCUT2D eigenvalue weighted by Crippen LogP contribution is -2.30. The number of unbranched alkanes of at least 4 members (excludes halogenated alkanes) is 8. The third kappa shape index (κ3) is 73.7. The summed E-state index contributed by atoms with van der Waals surface area (Å²) in [5, 5.41) is 10.6. The molecular formula is C85H130O17P2. The van der Waals surface area contributed by atoms with Crippen LogP contribution in [0.3, 0.4) is 0 Å². The van der Waals surface area contributed by atoms with Crippen LogP contribution in [0.15, 0.2) is 219 Å². The molecule has 0 amide bonds. The number of aliphatic hydroxyl groups excluding tert-OH is 1. The largest absolute Gasteiger partial charge is 0.472 e. The van der Waals surface area contributed by atoms with Crippen LogP contribution in [0.5, 0.6) is 0 Å². The van der Waals surface area contributed by atoms with Crippen molar-refractivity contribution < 1.29 is 80.2 Å². The molecule has 3 N–H and O–H groups in total. The molecule has 0 aromatic rings. The molecule has 582 valence electrons. The van der Waals surface area contributed by atoms with Gasteiger partial charge in [-0.3, -0.25) is 37.3 Å². The Bertz CT molecular complexity index is 2840. The highest BCUT2D eigenvalue weighted by molar-refractivity contribution is 7.47. The van der Waals surface area contributed by atoms with Crippen molar-refractivity contribution in [1.29, 1.82) is 0 Å². The number of phosphoric acid groups is 2. The Morgan fingerprint density at radius 3 is 0.856 bits per heavy atom. The lowest BCUT2D eigenvalue weighted by atomic mass is 10.1. The van der Waals surface area contributed by atoms with Gasteiger partial charge in [0.2, 0.25) is 0 Å². The lowest BCUT2D eigenvalue weighted by molar-refractivity contribution is -0.161. The van der Waals surface area contributed by atoms with E-state index in [4.69, 9.17) is 37.0 Å². The summed E-state index contributed by atoms with van der Waals surface area (Å²) in [5.74, 6) is -2.56. The molecule has 19 heteroatoms. The van der Waals surface area contributed by atoms with Crippen LogP contribution in [0.25, 0.3) is 0 Å². The number of hydrogen-bond donors (Lipinski definition) is 3. The number of rotatable bonds is 68. The Morgan fingerprint density at radius 1 is 0.279 bits per heavy atom. The molecule has 0 radical (unpaired) electrons. The van der Waals surface area contributed by atoms with Crippen LogP contribution in [0.2, 0.25) is 0 Å². The van der Waals surface area contributed by atoms with Crippen molar-refractivity contribution in [2.45, 2.75) is 251 Å². The zero-order valence-corrected chi connectivity index (χ0v) is 65.1. The SMILES string of the molecule is CC/C=C\C/C=C\C/C=C\C/C=C\C/C=C\CCCCCC(=O)OCC(COP(=O)(O)OCC(O)COP(=O)(O)OCC(COC(=O)C/C=C\C/C=C\C/C=C\C/C=C\C/C=C\CC)OC(=O)C/C=C\C/C=C\C/C=C\C/C=C\C/C=C\CC)OC(=O)CCCCCCC/C=C\C/C=C\C/C=C\CC. The molecule has 0 bridgehead atoms. The predicted molar refractivity (Wildman–Crippen MR) is 426 cm³/mol. The van der Waals surface area contributed by atoms with E-state index < -0.39 is 97.5 Å². The van der Waals surface area contributed by atoms with Gasteiger partial charge in [0.05, 0.1) is 39.3 Å². The van der Waals surface area contributed by atoms with Crippen LogP contribution in [0.1, 0.15) is 233 Å². The van der Waals surface area contributed by atoms with Crippen molar-refractivity contribution in [3.05, 3.63) is 219 Å². The van der Waals surface area contributed by atoms with E-state index in [0.717, 1.165) is 154 Å². The summed E-state index contributed by atoms with van der Waals surface area (Å²) < 4.78 is 68.2. The molecule has 0 saturated carbocycles. The molecule has 0 saturated heterocycles. The van der Waals surface area contributed by atoms with Crippen molar-refractivity contribution in [3.8, 4) is 0 Å². The van der Waals surface area contributed by atoms with Gasteiger partial charge in [0.15, 0.2) is 12.2 Å². The lowest BCUT2D eigenvalue weighted by Gasteiger charge is -2.21. The van der Waals surface area contributed by atoms with Gasteiger partial charge in [0.25, 0.3) is 0 Å². The average Bonchev–Trinajstić information content (AvgIpc) is 0.918. The molecule has 0 aliphatic carbocycles. The third-order valence-electron chi connectivity index (χ3n) is 14.5. The number of hydrogen-bond acceptors (Lipinski definition) is 15. The van der Waals surface area contributed by atoms with Crippen LogP contribution < -0.4 is 0 Å². The molecular weight excluding hydrogens is 1350 g/mol. The Labute approximate surface area is 626 Å². The minimum absolute atomic E-state index is 0.0530. The number of aliphatic hydroxyl groups is 1. The number of esters is 4. The summed E-state index contributed by atoms with van der Waals surface area (Å²) in [4.78, 5) is 72.8. The van der Waals surface area contributed by atoms with Gasteiger partial charge in [-0.15, -0.1) is 0 Å². The molecule has 0 aromatic heterocycles. The molecule has 5 unspecified atom stereocenters. The van der Waals surface area contributed by atoms with Crippen molar-refractivity contribution in [1.82, 2.24) is 0 Å². The molecule has 0 fully saturated rings. The maximum atomic E-state index is 13.1. The smallest absolute Gasteiger partial charge is 0.462 e. The van der Waals surface area contributed by atoms with Crippen LogP contribution in [-0.4, -0.2) is 96.7 Å². The Kier molecular flexibility index (Phi) is 69.9. The Hall–Kier alpha value is -6.62. The van der Waals surface area contributed by atoms with Crippen molar-refractivity contribution in [3.63, 3.8) is 0 Å². The monoisotopic (exact) mass is 1480 g/mol. The minimum atomic E-state index is -5.03. The second-order valence-electron chi connectivity index (χ2n) is 24.1. The molecule has 0 aromatic carbocycles. The molecule has 17 nitrogen and oxygen atoms in total. The first-order valence-corrected chi connectivity index (χ1v) is 41.0. The van der Waals surface area contributed by atoms with Crippen LogP contribution in [-0.2, 0) is 65.4 Å². The zero-order chi connectivity index (χ0) is 76.0. The van der Waals surface area contributed by atoms with Crippen LogP contribution in [0, 0.1) is 0 Å². The molecule has 5 atom stereocenters. The van der Waals surface area contributed by atoms with Gasteiger partial charge >= 0.3 is 39.5 Å². The van der Waals surface area contributed by atoms with Gasteiger partial charge in [-0.05, 0) is 154 Å². The summed E-state index contributed by atoms with van der Waals surface area (Å²) in [6.07, 6.45) is 94.2. The average molecular weight is 1490 g/mol. The molecule has 0 aliphatic rings. The first kappa shape index (κ1) is 97.4. The van der Waals surface area contributed by atoms with E-state index in [9.17, 15) is 43.2 Å². The highest BCUT2D eigenvalue weighted by Crippen LogP contribution is 2.45. The van der Waals surface area contributed by atoms with Crippen molar-refractivity contribution in [2.24, 2.45) is 0 Å². The molecule has 0 aliphatic heterocycles. The normalized spacial score (nSPS) is 15.1. The van der Waals surface area contributed by atoms with E-state index in [1.54, 1.807) is 24.3 Å². The third-order valence-corrected chi connectivity index (χ3v) is 16.4. The van der Waals surface area contributed by atoms with E-state index in [1.807, 2.05) is 24.3 Å². The maximum absolute atomic E-state index is 13.1. The summed E-state index contributed by atoms with van der Waals surface area (Å²) in [6, 6.07) is 0. The maximum Gasteiger partial charge on any atom is 0.472 e. The number of carbonyl (C=O) groups is 4. The van der Waals surface area contributed by atoms with E-state index in [1.165, 1.54) is 0 Å². The minimum Gasteiger partial charge on any atom is -0.462 e. The summed E-state index contributed by atoms with van der Waals surface area (Å²) in [5.41, 5.74) is 0. The van der Waals surface area contributed by atoms with Gasteiger partial charge in [0.1, 0.15) is 19.3 Å². The van der Waals surface area contributed by atoms with Gasteiger partial charge in [-0.25, -0.2) is 9.13 Å². The second kappa shape index (κ2) is 74.6. The van der Waals surface area contributed by atoms with Gasteiger partial charge in [-0.2, -0.15) is 0 Å². The number of phosphoric ester groups is 2. The van der Waals surface area contributed by atoms with Crippen LogP contribution >= 0.6 is 15.6 Å². The van der Waals surface area contributed by atoms with Gasteiger partial charge in [-0.1, -0.05) is 272 Å². The van der Waals surface area contributed by atoms with E-state index >= 15 is 0 Å². The van der Waals surface area contributed by atoms with Crippen LogP contribution in [0.4, 0.5) is 0 Å². The topological polar surface area (TPSA) is 237 Å². The number of ether oxygens (including phenoxy) is 4. The first-order valence-electron chi connectivity index (χ1n) is 38.0. The Morgan fingerprint density at radius 2 is 0.519 bits per heavy atom. The van der Waals surface area contributed by atoms with Gasteiger partial charge < -0.3 is 33.8 Å². The number of allylic oxidation sites excluding steroid dienone is 34. The highest BCUT2D eigenvalue weighted by Gasteiger charge is 2.30. The van der Waals surface area contributed by atoms with Crippen molar-refractivity contribution >= 4 is 39.5 Å². The fourth-order valence-electron chi connectivity index (χ4n) is 8.88. The number of carbonyl (C=O) groups excluding carboxylic acids is 4. The standard InChI is InChI=1S/C85H130O17P2/c1-5-9-13-17-21-25-29-33-37-38-39-40-44-46-50-54-58-62-66-70-83(88)96-76-81(102-85(90)72-68-64-60-56-52-48-43-36-32-28-24-20-16-12-8-4)78-100-104(93,94)98-74-79(86)73-97-103(91,92)99-77-80(101-84(89)71-67-63-59-55-51-47-42-35-31-27-23-19-15-11-7-3)75-95-82(87)69-65-61-57-53-49-45-41-34-30-26-22-18-14-10-6-2/h9-16,21-28,33-37,39-43,46,49-51,53,55,61,63,65,67,79-81,86H,5-8,17-20,29-32,38,44-45,47-48,52,54,56-60,62,64,66,68-78H2,1-4H3,(H,91,92)(H,93,94)/b13-9-,14-10-,15-11-,16-12-,25-21-,26-22-,27-23-,28-24-,37-33-,40-39-,41-34-,42-35-,43-36-,50-46-,53-49-,55-51-,65-61-,67-63-. The second-order valence-corrected chi connectivity index (χ2v) is 27.0. The van der Waals surface area contributed by atoms with Crippen molar-refractivity contribution in [2.75, 3.05) is 39.6 Å². The highest BCUT2D eigenvalue weighted by atomic mass is 31.2. The summed E-state index contributed by atoms with van der Waals surface area (Å²) in [7, 11) is -10.0. The first-order chi connectivity index (χ1) is 50.7. The molecule has 104 heavy (non-hydrogen) atoms. The summed E-state index contributed by atoms with van der Waals surface area (Å²) in [6.45, 7) is 4.07. The quantitative estimate of drug-likeness (QED) is 0.0169.